The fourth-order valence-electron chi connectivity index (χ4n) is 5.38. The largest absolute Gasteiger partial charge is 0.466 e. The van der Waals surface area contributed by atoms with E-state index in [1.807, 2.05) is 19.1 Å². The maximum absolute atomic E-state index is 13.2. The van der Waals surface area contributed by atoms with E-state index in [1.165, 1.54) is 16.4 Å². The third-order valence-corrected chi connectivity index (χ3v) is 7.54. The highest BCUT2D eigenvalue weighted by atomic mass is 16.5. The van der Waals surface area contributed by atoms with Gasteiger partial charge in [-0.25, -0.2) is 19.3 Å². The van der Waals surface area contributed by atoms with Crippen molar-refractivity contribution in [1.29, 1.82) is 0 Å². The Balaban J connectivity index is 1.40. The van der Waals surface area contributed by atoms with Gasteiger partial charge in [-0.15, -0.1) is 6.58 Å². The number of benzene rings is 1. The topological polar surface area (TPSA) is 124 Å². The van der Waals surface area contributed by atoms with E-state index >= 15 is 0 Å². The molecule has 0 aliphatic heterocycles. The Hall–Kier alpha value is -4.31. The number of nitrogens with zero attached hydrogens (tertiary/aromatic N) is 5. The van der Waals surface area contributed by atoms with Crippen molar-refractivity contribution < 1.29 is 14.6 Å². The molecule has 2 N–H and O–H groups in total. The lowest BCUT2D eigenvalue weighted by Crippen LogP contribution is -2.23. The van der Waals surface area contributed by atoms with Gasteiger partial charge < -0.3 is 15.2 Å². The molecule has 1 saturated carbocycles. The van der Waals surface area contributed by atoms with E-state index in [0.29, 0.717) is 41.0 Å². The number of hydrogen-bond acceptors (Lipinski definition) is 8. The molecule has 0 bridgehead atoms. The lowest BCUT2D eigenvalue weighted by molar-refractivity contribution is -0.149. The molecule has 0 unspecified atom stereocenters. The smallest absolute Gasteiger partial charge is 0.308 e. The van der Waals surface area contributed by atoms with Crippen LogP contribution in [-0.2, 0) is 21.7 Å². The summed E-state index contributed by atoms with van der Waals surface area (Å²) < 4.78 is 8.33. The molecule has 41 heavy (non-hydrogen) atoms. The Kier molecular flexibility index (Phi) is 8.03. The van der Waals surface area contributed by atoms with Gasteiger partial charge in [-0.2, -0.15) is 4.98 Å². The fourth-order valence-corrected chi connectivity index (χ4v) is 5.38. The maximum Gasteiger partial charge on any atom is 0.308 e. The number of anilines is 2. The van der Waals surface area contributed by atoms with E-state index in [-0.39, 0.29) is 24.0 Å². The van der Waals surface area contributed by atoms with Crippen molar-refractivity contribution in [2.75, 3.05) is 11.9 Å². The quantitative estimate of drug-likeness (QED) is 0.219. The zero-order valence-electron chi connectivity index (χ0n) is 23.7. The van der Waals surface area contributed by atoms with Gasteiger partial charge in [-0.3, -0.25) is 9.59 Å². The first kappa shape index (κ1) is 28.2. The first-order valence-electron chi connectivity index (χ1n) is 14.0. The predicted octanol–water partition coefficient (Wildman–Crippen LogP) is 4.97. The third-order valence-electron chi connectivity index (χ3n) is 7.54. The van der Waals surface area contributed by atoms with Gasteiger partial charge in [0.15, 0.2) is 11.5 Å². The van der Waals surface area contributed by atoms with E-state index in [2.05, 4.69) is 34.0 Å². The number of hydrogen-bond donors (Lipinski definition) is 2. The summed E-state index contributed by atoms with van der Waals surface area (Å²) in [6.07, 6.45) is 6.75. The van der Waals surface area contributed by atoms with Gasteiger partial charge in [0.25, 0.3) is 5.56 Å². The Bertz CT molecular complexity index is 1610. The van der Waals surface area contributed by atoms with Crippen molar-refractivity contribution in [1.82, 2.24) is 24.3 Å². The van der Waals surface area contributed by atoms with Crippen LogP contribution >= 0.6 is 0 Å². The highest BCUT2D eigenvalue weighted by molar-refractivity contribution is 5.77. The molecule has 1 aliphatic rings. The van der Waals surface area contributed by atoms with Crippen molar-refractivity contribution in [2.24, 2.45) is 5.92 Å². The summed E-state index contributed by atoms with van der Waals surface area (Å²) in [5.41, 5.74) is 1.50. The van der Waals surface area contributed by atoms with Gasteiger partial charge in [0.2, 0.25) is 5.95 Å². The summed E-state index contributed by atoms with van der Waals surface area (Å²) in [6, 6.07) is 13.5. The van der Waals surface area contributed by atoms with Crippen molar-refractivity contribution >= 4 is 28.6 Å². The zero-order valence-corrected chi connectivity index (χ0v) is 23.7. The Morgan fingerprint density at radius 1 is 1.15 bits per heavy atom. The van der Waals surface area contributed by atoms with Crippen LogP contribution in [0.4, 0.5) is 11.6 Å². The molecule has 1 aliphatic carbocycles. The summed E-state index contributed by atoms with van der Waals surface area (Å²) in [6.45, 7) is 9.62. The van der Waals surface area contributed by atoms with Crippen LogP contribution in [0.3, 0.4) is 0 Å². The van der Waals surface area contributed by atoms with E-state index in [4.69, 9.17) is 9.72 Å². The predicted molar refractivity (Wildman–Crippen MR) is 157 cm³/mol. The van der Waals surface area contributed by atoms with E-state index in [0.717, 1.165) is 31.4 Å². The number of pyridine rings is 1. The van der Waals surface area contributed by atoms with E-state index < -0.39 is 5.60 Å². The maximum atomic E-state index is 13.2. The Labute approximate surface area is 238 Å². The summed E-state index contributed by atoms with van der Waals surface area (Å²) in [5, 5.41) is 14.1. The number of carbonyl (C=O) groups is 1. The number of esters is 1. The van der Waals surface area contributed by atoms with Gasteiger partial charge in [-0.05, 0) is 82.2 Å². The number of aromatic nitrogens is 5. The number of rotatable bonds is 9. The lowest BCUT2D eigenvalue weighted by Gasteiger charge is -2.27. The van der Waals surface area contributed by atoms with Gasteiger partial charge in [0.05, 0.1) is 24.8 Å². The number of aliphatic hydroxyl groups is 1. The first-order chi connectivity index (χ1) is 19.7. The highest BCUT2D eigenvalue weighted by Gasteiger charge is 2.28. The minimum atomic E-state index is -1.16. The van der Waals surface area contributed by atoms with Crippen LogP contribution in [0.15, 0.2) is 66.1 Å². The summed E-state index contributed by atoms with van der Waals surface area (Å²) in [7, 11) is 0. The van der Waals surface area contributed by atoms with E-state index in [9.17, 15) is 14.7 Å². The normalized spacial score (nSPS) is 17.4. The minimum absolute atomic E-state index is 0.00533. The summed E-state index contributed by atoms with van der Waals surface area (Å²) in [5.74, 6) is 1.13. The summed E-state index contributed by atoms with van der Waals surface area (Å²) in [4.78, 5) is 39.0. The molecule has 214 valence electrons. The van der Waals surface area contributed by atoms with Crippen molar-refractivity contribution in [2.45, 2.75) is 64.5 Å². The summed E-state index contributed by atoms with van der Waals surface area (Å²) >= 11 is 0. The molecule has 3 aromatic heterocycles. The molecule has 10 nitrogen and oxygen atoms in total. The third kappa shape index (κ3) is 5.92. The van der Waals surface area contributed by atoms with Gasteiger partial charge in [0, 0.05) is 11.9 Å². The molecule has 0 saturated heterocycles. The molecule has 5 rings (SSSR count). The van der Waals surface area contributed by atoms with Crippen LogP contribution in [-0.4, -0.2) is 42.0 Å². The molecule has 0 amide bonds. The fraction of sp³-hybridized carbons (Fsp3) is 0.387. The zero-order chi connectivity index (χ0) is 29.1. The van der Waals surface area contributed by atoms with Crippen LogP contribution in [0.1, 0.15) is 63.6 Å². The first-order valence-corrected chi connectivity index (χ1v) is 14.0. The average Bonchev–Trinajstić information content (AvgIpc) is 3.24. The van der Waals surface area contributed by atoms with Gasteiger partial charge in [-0.1, -0.05) is 24.3 Å². The molecular weight excluding hydrogens is 520 g/mol. The molecular formula is C31H36N6O4. The van der Waals surface area contributed by atoms with Crippen LogP contribution in [0.25, 0.3) is 16.9 Å². The molecule has 1 aromatic carbocycles. The molecule has 10 heteroatoms. The second-order valence-electron chi connectivity index (χ2n) is 10.9. The molecule has 4 aromatic rings. The number of nitrogens with one attached hydrogen (secondary N) is 1. The van der Waals surface area contributed by atoms with E-state index in [1.54, 1.807) is 42.8 Å². The van der Waals surface area contributed by atoms with Gasteiger partial charge in [0.1, 0.15) is 11.0 Å². The molecule has 0 atom stereocenters. The minimum Gasteiger partial charge on any atom is -0.466 e. The number of allylic oxidation sites excluding steroid dienone is 1. The molecule has 1 fully saturated rings. The lowest BCUT2D eigenvalue weighted by atomic mass is 9.79. The van der Waals surface area contributed by atoms with Crippen LogP contribution in [0.2, 0.25) is 0 Å². The van der Waals surface area contributed by atoms with Crippen molar-refractivity contribution in [3.8, 4) is 5.82 Å². The van der Waals surface area contributed by atoms with Gasteiger partial charge >= 0.3 is 5.97 Å². The second-order valence-corrected chi connectivity index (χ2v) is 10.9. The monoisotopic (exact) mass is 556 g/mol. The number of carbonyl (C=O) groups excluding carboxylic acids is 1. The molecule has 0 spiro atoms. The van der Waals surface area contributed by atoms with Crippen LogP contribution < -0.4 is 10.9 Å². The average molecular weight is 557 g/mol. The SMILES string of the molecule is C=CCn1c(=O)c2cnc(Nc3ccc(C4CCC(C(=O)OCC)CC4)cc3)nc2n1-c1cccc(C(C)(C)O)n1. The Morgan fingerprint density at radius 3 is 2.54 bits per heavy atom. The highest BCUT2D eigenvalue weighted by Crippen LogP contribution is 2.36. The number of ether oxygens (including phenoxy) is 1. The van der Waals surface area contributed by atoms with Crippen LogP contribution in [0, 0.1) is 5.92 Å². The number of fused-ring (bicyclic) bond motifs is 1. The second kappa shape index (κ2) is 11.7. The Morgan fingerprint density at radius 2 is 1.88 bits per heavy atom. The van der Waals surface area contributed by atoms with Crippen molar-refractivity contribution in [3.05, 3.63) is 82.9 Å². The molecule has 0 radical (unpaired) electrons. The van der Waals surface area contributed by atoms with Crippen molar-refractivity contribution in [3.63, 3.8) is 0 Å². The standard InChI is InChI=1S/C31H36N6O4/c1-5-18-36-28(38)24-19-32-30(35-27(24)37(36)26-9-7-8-25(34-26)31(3,4)40)33-23-16-14-21(15-17-23)20-10-12-22(13-11-20)29(39)41-6-2/h5,7-9,14-17,19-20,22,40H,1,6,10-13,18H2,2-4H3,(H,32,33,35). The molecule has 3 heterocycles. The van der Waals surface area contributed by atoms with Crippen LogP contribution in [0.5, 0.6) is 0 Å².